The van der Waals surface area contributed by atoms with Crippen molar-refractivity contribution in [1.29, 1.82) is 0 Å². The average molecular weight is 193 g/mol. The molecule has 1 aromatic heterocycles. The molecule has 1 N–H and O–H groups in total. The van der Waals surface area contributed by atoms with Crippen LogP contribution in [0, 0.1) is 0 Å². The van der Waals surface area contributed by atoms with Gasteiger partial charge in [-0.25, -0.2) is 9.97 Å². The van der Waals surface area contributed by atoms with Crippen LogP contribution in [0.5, 0.6) is 0 Å². The minimum atomic E-state index is 0.503. The van der Waals surface area contributed by atoms with Crippen molar-refractivity contribution in [2.24, 2.45) is 0 Å². The van der Waals surface area contributed by atoms with E-state index in [1.54, 1.807) is 18.7 Å². The maximum Gasteiger partial charge on any atom is 0.115 e. The number of rotatable bonds is 2. The monoisotopic (exact) mass is 193 g/mol. The van der Waals surface area contributed by atoms with Crippen LogP contribution in [-0.4, -0.2) is 29.2 Å². The number of nitrogens with zero attached hydrogens (tertiary/aromatic N) is 2. The lowest BCUT2D eigenvalue weighted by molar-refractivity contribution is 0.144. The van der Waals surface area contributed by atoms with Crippen LogP contribution in [0.3, 0.4) is 0 Å². The molecule has 0 radical (unpaired) electrons. The summed E-state index contributed by atoms with van der Waals surface area (Å²) < 4.78 is 5.39. The summed E-state index contributed by atoms with van der Waals surface area (Å²) in [6.45, 7) is 1.74. The summed E-state index contributed by atoms with van der Waals surface area (Å²) in [5.74, 6) is 0. The standard InChI is InChI=1S/C10H15N3O/c1-2-9(3-5-14-4-1)13-10-6-11-8-12-7-10/h6-9,13H,1-5H2. The summed E-state index contributed by atoms with van der Waals surface area (Å²) in [4.78, 5) is 7.94. The van der Waals surface area contributed by atoms with Gasteiger partial charge in [-0.05, 0) is 19.3 Å². The molecule has 1 fully saturated rings. The third-order valence-electron chi connectivity index (χ3n) is 2.38. The highest BCUT2D eigenvalue weighted by atomic mass is 16.5. The highest BCUT2D eigenvalue weighted by Gasteiger charge is 2.11. The zero-order chi connectivity index (χ0) is 9.64. The van der Waals surface area contributed by atoms with E-state index in [1.165, 1.54) is 0 Å². The Morgan fingerprint density at radius 2 is 2.07 bits per heavy atom. The molecule has 0 saturated carbocycles. The van der Waals surface area contributed by atoms with Gasteiger partial charge in [-0.2, -0.15) is 0 Å². The molecule has 1 saturated heterocycles. The molecule has 1 aromatic rings. The zero-order valence-electron chi connectivity index (χ0n) is 8.15. The molecule has 1 aliphatic heterocycles. The number of aromatic nitrogens is 2. The summed E-state index contributed by atoms with van der Waals surface area (Å²) in [5.41, 5.74) is 0.999. The molecule has 0 spiro atoms. The van der Waals surface area contributed by atoms with E-state index in [-0.39, 0.29) is 0 Å². The van der Waals surface area contributed by atoms with Gasteiger partial charge in [0.05, 0.1) is 18.1 Å². The van der Waals surface area contributed by atoms with Crippen LogP contribution in [0.15, 0.2) is 18.7 Å². The first-order valence-corrected chi connectivity index (χ1v) is 5.04. The number of hydrogen-bond acceptors (Lipinski definition) is 4. The summed E-state index contributed by atoms with van der Waals surface area (Å²) in [6.07, 6.45) is 8.51. The number of anilines is 1. The maximum atomic E-state index is 5.39. The van der Waals surface area contributed by atoms with Gasteiger partial charge in [-0.1, -0.05) is 0 Å². The predicted octanol–water partition coefficient (Wildman–Crippen LogP) is 1.46. The first-order chi connectivity index (χ1) is 6.95. The molecule has 76 valence electrons. The molecule has 0 aromatic carbocycles. The molecule has 1 unspecified atom stereocenters. The van der Waals surface area contributed by atoms with Crippen LogP contribution in [-0.2, 0) is 4.74 Å². The Labute approximate surface area is 83.7 Å². The van der Waals surface area contributed by atoms with Crippen molar-refractivity contribution >= 4 is 5.69 Å². The van der Waals surface area contributed by atoms with E-state index in [0.717, 1.165) is 38.2 Å². The predicted molar refractivity (Wildman–Crippen MR) is 54.1 cm³/mol. The van der Waals surface area contributed by atoms with Gasteiger partial charge in [-0.3, -0.25) is 0 Å². The largest absolute Gasteiger partial charge is 0.381 e. The van der Waals surface area contributed by atoms with Gasteiger partial charge in [0.2, 0.25) is 0 Å². The van der Waals surface area contributed by atoms with E-state index in [4.69, 9.17) is 4.74 Å². The second-order valence-corrected chi connectivity index (χ2v) is 3.51. The van der Waals surface area contributed by atoms with Crippen molar-refractivity contribution in [2.45, 2.75) is 25.3 Å². The Kier molecular flexibility index (Phi) is 3.29. The maximum absolute atomic E-state index is 5.39. The molecular weight excluding hydrogens is 178 g/mol. The lowest BCUT2D eigenvalue weighted by atomic mass is 10.1. The van der Waals surface area contributed by atoms with Crippen molar-refractivity contribution in [3.05, 3.63) is 18.7 Å². The highest BCUT2D eigenvalue weighted by molar-refractivity contribution is 5.38. The SMILES string of the molecule is c1ncc(NC2CCCOCC2)cn1. The van der Waals surface area contributed by atoms with E-state index in [1.807, 2.05) is 0 Å². The smallest absolute Gasteiger partial charge is 0.115 e. The molecule has 14 heavy (non-hydrogen) atoms. The highest BCUT2D eigenvalue weighted by Crippen LogP contribution is 2.13. The van der Waals surface area contributed by atoms with Gasteiger partial charge in [0.15, 0.2) is 0 Å². The van der Waals surface area contributed by atoms with Gasteiger partial charge in [0.1, 0.15) is 6.33 Å². The Bertz CT molecular complexity index is 257. The zero-order valence-corrected chi connectivity index (χ0v) is 8.15. The van der Waals surface area contributed by atoms with Gasteiger partial charge < -0.3 is 10.1 Å². The fraction of sp³-hybridized carbons (Fsp3) is 0.600. The van der Waals surface area contributed by atoms with Crippen molar-refractivity contribution in [3.8, 4) is 0 Å². The second kappa shape index (κ2) is 4.91. The molecule has 0 amide bonds. The number of ether oxygens (including phenoxy) is 1. The first kappa shape index (κ1) is 9.40. The Balaban J connectivity index is 1.90. The molecule has 1 atom stereocenters. The molecule has 1 aliphatic rings. The molecule has 0 bridgehead atoms. The molecule has 4 nitrogen and oxygen atoms in total. The quantitative estimate of drug-likeness (QED) is 0.772. The van der Waals surface area contributed by atoms with Gasteiger partial charge >= 0.3 is 0 Å². The number of nitrogens with one attached hydrogen (secondary N) is 1. The Hall–Kier alpha value is -1.16. The molecule has 0 aliphatic carbocycles. The fourth-order valence-corrected chi connectivity index (χ4v) is 1.66. The van der Waals surface area contributed by atoms with Crippen molar-refractivity contribution in [2.75, 3.05) is 18.5 Å². The molecule has 4 heteroatoms. The summed E-state index contributed by atoms with van der Waals surface area (Å²) in [7, 11) is 0. The van der Waals surface area contributed by atoms with E-state index in [2.05, 4.69) is 15.3 Å². The van der Waals surface area contributed by atoms with Crippen molar-refractivity contribution in [3.63, 3.8) is 0 Å². The van der Waals surface area contributed by atoms with Crippen LogP contribution < -0.4 is 5.32 Å². The summed E-state index contributed by atoms with van der Waals surface area (Å²) >= 11 is 0. The van der Waals surface area contributed by atoms with Crippen LogP contribution in [0.2, 0.25) is 0 Å². The van der Waals surface area contributed by atoms with Crippen molar-refractivity contribution in [1.82, 2.24) is 9.97 Å². The van der Waals surface area contributed by atoms with Crippen LogP contribution in [0.25, 0.3) is 0 Å². The lowest BCUT2D eigenvalue weighted by Gasteiger charge is -2.15. The third kappa shape index (κ3) is 2.67. The second-order valence-electron chi connectivity index (χ2n) is 3.51. The number of hydrogen-bond donors (Lipinski definition) is 1. The third-order valence-corrected chi connectivity index (χ3v) is 2.38. The van der Waals surface area contributed by atoms with Crippen molar-refractivity contribution < 1.29 is 4.74 Å². The molecule has 2 heterocycles. The van der Waals surface area contributed by atoms with E-state index in [9.17, 15) is 0 Å². The van der Waals surface area contributed by atoms with Crippen LogP contribution in [0.1, 0.15) is 19.3 Å². The van der Waals surface area contributed by atoms with E-state index < -0.39 is 0 Å². The summed E-state index contributed by atoms with van der Waals surface area (Å²) in [5, 5.41) is 3.42. The normalized spacial score (nSPS) is 22.7. The van der Waals surface area contributed by atoms with Crippen LogP contribution in [0.4, 0.5) is 5.69 Å². The van der Waals surface area contributed by atoms with E-state index in [0.29, 0.717) is 6.04 Å². The summed E-state index contributed by atoms with van der Waals surface area (Å²) in [6, 6.07) is 0.503. The minimum absolute atomic E-state index is 0.503. The molecule has 2 rings (SSSR count). The first-order valence-electron chi connectivity index (χ1n) is 5.04. The Morgan fingerprint density at radius 3 is 2.93 bits per heavy atom. The van der Waals surface area contributed by atoms with Gasteiger partial charge in [-0.15, -0.1) is 0 Å². The molecular formula is C10H15N3O. The Morgan fingerprint density at radius 1 is 1.21 bits per heavy atom. The lowest BCUT2D eigenvalue weighted by Crippen LogP contribution is -2.19. The topological polar surface area (TPSA) is 47.0 Å². The van der Waals surface area contributed by atoms with Crippen LogP contribution >= 0.6 is 0 Å². The minimum Gasteiger partial charge on any atom is -0.381 e. The van der Waals surface area contributed by atoms with Gasteiger partial charge in [0.25, 0.3) is 0 Å². The average Bonchev–Trinajstić information content (AvgIpc) is 2.48. The van der Waals surface area contributed by atoms with E-state index >= 15 is 0 Å². The fourth-order valence-electron chi connectivity index (χ4n) is 1.66. The van der Waals surface area contributed by atoms with Gasteiger partial charge in [0, 0.05) is 19.3 Å².